The van der Waals surface area contributed by atoms with Gasteiger partial charge in [-0.25, -0.2) is 0 Å². The lowest BCUT2D eigenvalue weighted by molar-refractivity contribution is -0.182. The van der Waals surface area contributed by atoms with Gasteiger partial charge in [-0.2, -0.15) is 13.2 Å². The fourth-order valence-electron chi connectivity index (χ4n) is 16.0. The molecule has 7 aliphatic rings. The first-order valence-electron chi connectivity index (χ1n) is 36.3. The Hall–Kier alpha value is -6.32. The van der Waals surface area contributed by atoms with Gasteiger partial charge in [0.25, 0.3) is 0 Å². The number of halogens is 4. The number of morpholine rings is 1. The lowest BCUT2D eigenvalue weighted by Gasteiger charge is -2.45. The summed E-state index contributed by atoms with van der Waals surface area (Å²) in [4.78, 5) is 192. The Kier molecular flexibility index (Phi) is 27.9. The first kappa shape index (κ1) is 80.0. The maximum Gasteiger partial charge on any atom is 0.393 e. The van der Waals surface area contributed by atoms with Crippen LogP contribution in [0.1, 0.15) is 177 Å². The molecular formula is C70H112ClF3N12O13. The number of nitrogens with one attached hydrogen (secondary N) is 3. The Morgan fingerprint density at radius 2 is 1.26 bits per heavy atom. The fourth-order valence-corrected chi connectivity index (χ4v) is 16.5. The van der Waals surface area contributed by atoms with Crippen molar-refractivity contribution in [3.05, 3.63) is 0 Å². The molecule has 7 rings (SSSR count). The minimum Gasteiger partial charge on any atom is -0.378 e. The highest BCUT2D eigenvalue weighted by Crippen LogP contribution is 2.44. The second-order valence-corrected chi connectivity index (χ2v) is 30.5. The van der Waals surface area contributed by atoms with E-state index in [1.165, 1.54) is 93.3 Å². The van der Waals surface area contributed by atoms with E-state index in [4.69, 9.17) is 16.3 Å². The molecule has 0 aromatic rings. The van der Waals surface area contributed by atoms with Crippen LogP contribution in [0.15, 0.2) is 0 Å². The van der Waals surface area contributed by atoms with Gasteiger partial charge in [-0.15, -0.1) is 11.6 Å². The van der Waals surface area contributed by atoms with Gasteiger partial charge < -0.3 is 64.8 Å². The van der Waals surface area contributed by atoms with Crippen molar-refractivity contribution >= 4 is 82.5 Å². The highest BCUT2D eigenvalue weighted by atomic mass is 35.5. The summed E-state index contributed by atoms with van der Waals surface area (Å²) in [5.74, 6) is -11.2. The molecule has 25 nitrogen and oxygen atoms in total. The van der Waals surface area contributed by atoms with Crippen LogP contribution in [0.2, 0.25) is 0 Å². The van der Waals surface area contributed by atoms with Gasteiger partial charge in [0.15, 0.2) is 0 Å². The molecule has 99 heavy (non-hydrogen) atoms. The van der Waals surface area contributed by atoms with Crippen molar-refractivity contribution in [2.75, 3.05) is 88.2 Å². The van der Waals surface area contributed by atoms with Crippen molar-refractivity contribution < 1.29 is 75.4 Å². The van der Waals surface area contributed by atoms with Gasteiger partial charge in [-0.1, -0.05) is 80.1 Å². The van der Waals surface area contributed by atoms with Crippen molar-refractivity contribution in [2.45, 2.75) is 248 Å². The van der Waals surface area contributed by atoms with E-state index in [0.29, 0.717) is 44.9 Å². The molecule has 7 fully saturated rings. The average Bonchev–Trinajstić information content (AvgIpc) is 1.71. The molecule has 4 saturated heterocycles. The van der Waals surface area contributed by atoms with Gasteiger partial charge >= 0.3 is 6.18 Å². The molecule has 0 bridgehead atoms. The zero-order valence-corrected chi connectivity index (χ0v) is 61.4. The van der Waals surface area contributed by atoms with Crippen molar-refractivity contribution in [1.82, 2.24) is 60.0 Å². The van der Waals surface area contributed by atoms with Crippen LogP contribution in [0.3, 0.4) is 0 Å². The summed E-state index contributed by atoms with van der Waals surface area (Å²) < 4.78 is 47.6. The molecule has 14 atom stereocenters. The molecule has 3 unspecified atom stereocenters. The summed E-state index contributed by atoms with van der Waals surface area (Å²) in [6.07, 6.45) is 0.600. The minimum absolute atomic E-state index is 0.00269. The molecule has 4 heterocycles. The summed E-state index contributed by atoms with van der Waals surface area (Å²) in [5, 5.41) is 7.59. The number of carbonyl (C=O) groups excluding carboxylic acids is 12. The van der Waals surface area contributed by atoms with E-state index in [0.717, 1.165) is 12.8 Å². The first-order chi connectivity index (χ1) is 46.6. The molecule has 12 amide bonds. The number of nitrogens with zero attached hydrogens (tertiary/aromatic N) is 9. The number of likely N-dealkylation sites (N-methyl/N-ethyl adjacent to an activating group) is 6. The number of amides is 12. The number of rotatable bonds is 11. The van der Waals surface area contributed by atoms with Crippen molar-refractivity contribution in [3.63, 3.8) is 0 Å². The topological polar surface area (TPSA) is 279 Å². The van der Waals surface area contributed by atoms with Crippen LogP contribution >= 0.6 is 11.6 Å². The van der Waals surface area contributed by atoms with Crippen molar-refractivity contribution in [1.29, 1.82) is 0 Å². The molecule has 3 N–H and O–H groups in total. The van der Waals surface area contributed by atoms with Crippen LogP contribution in [0.5, 0.6) is 0 Å². The minimum atomic E-state index is -4.51. The largest absolute Gasteiger partial charge is 0.393 e. The third-order valence-electron chi connectivity index (χ3n) is 23.0. The maximum absolute atomic E-state index is 15.5. The number of hydrogen-bond acceptors (Lipinski definition) is 13. The predicted molar refractivity (Wildman–Crippen MR) is 362 cm³/mol. The van der Waals surface area contributed by atoms with Crippen LogP contribution in [-0.4, -0.2) is 275 Å². The molecular weight excluding hydrogens is 1310 g/mol. The zero-order chi connectivity index (χ0) is 73.3. The first-order valence-corrected chi connectivity index (χ1v) is 36.7. The van der Waals surface area contributed by atoms with Crippen molar-refractivity contribution in [3.8, 4) is 0 Å². The van der Waals surface area contributed by atoms with Crippen LogP contribution < -0.4 is 16.0 Å². The van der Waals surface area contributed by atoms with Gasteiger partial charge in [0.1, 0.15) is 59.9 Å². The molecule has 558 valence electrons. The van der Waals surface area contributed by atoms with Crippen LogP contribution in [0, 0.1) is 35.5 Å². The third kappa shape index (κ3) is 18.5. The van der Waals surface area contributed by atoms with Gasteiger partial charge in [0.05, 0.1) is 32.1 Å². The molecule has 3 aliphatic carbocycles. The molecule has 29 heteroatoms. The molecule has 3 saturated carbocycles. The number of hydrogen-bond donors (Lipinski definition) is 3. The number of carbonyl (C=O) groups is 12. The SMILES string of the molecule is CC[C@H](C)[C@@H]1NC(=O)[C@H](CC(C)C)N(C)C(=O)C[C@@H](C(=O)N2CCOCC2)N(C)C(=O)[C@H]([C@@H](C)CC)N(C)C(=O)C2(CCCC2)NC(=O)[C@@H]2CCCN2C(=O)[C@H](CCC2CCC(C(F)(F)F)C(Cl)C2)NC(=O)CN(C)C(=O)[C@H](C2CCCC2)N(C)C(=O)[C@@H]2CCN2C(=O)[C@H](C)N(C)C1=O. The molecule has 0 radical (unpaired) electrons. The summed E-state index contributed by atoms with van der Waals surface area (Å²) in [7, 11) is 8.62. The quantitative estimate of drug-likeness (QED) is 0.240. The highest BCUT2D eigenvalue weighted by molar-refractivity contribution is 6.21. The van der Waals surface area contributed by atoms with Crippen molar-refractivity contribution in [2.24, 2.45) is 35.5 Å². The van der Waals surface area contributed by atoms with Crippen LogP contribution in [0.4, 0.5) is 13.2 Å². The van der Waals surface area contributed by atoms with E-state index in [9.17, 15) is 46.7 Å². The second-order valence-electron chi connectivity index (χ2n) is 30.0. The Balaban J connectivity index is 1.28. The fraction of sp³-hybridized carbons (Fsp3) is 0.829. The molecule has 0 aromatic carbocycles. The van der Waals surface area contributed by atoms with Gasteiger partial charge in [0, 0.05) is 73.8 Å². The maximum atomic E-state index is 15.5. The highest BCUT2D eigenvalue weighted by Gasteiger charge is 2.53. The Labute approximate surface area is 587 Å². The standard InChI is InChI=1S/C70H112ClF3N12O13/c1-14-42(5)56-65(95)79(9)44(7)61(91)86-32-28-51(86)63(93)82(12)58(46-21-16-17-22-46)66(96)78(8)40-54(87)75-49(27-25-45-24-26-47(48(71)38-45)70(72,73)74)62(92)85-31-20-23-50(85)60(90)77-69(29-18-19-30-69)68(98)83(13)57(43(6)15-2)67(97)81(11)53(64(94)84-33-35-99-36-34-84)39-55(88)80(10)52(37-41(3)4)59(89)76-56/h41-53,56-58H,14-40H2,1-13H3,(H,75,87)(H,76,89)(H,77,90)/t42-,43-,44-,45?,47?,48?,49-,50-,51-,52-,53-,56-,57-,58-/m0/s1. The van der Waals surface area contributed by atoms with E-state index >= 15 is 24.0 Å². The molecule has 0 aromatic heterocycles. The smallest absolute Gasteiger partial charge is 0.378 e. The number of fused-ring (bicyclic) bond motifs is 2. The Morgan fingerprint density at radius 1 is 0.636 bits per heavy atom. The monoisotopic (exact) mass is 1420 g/mol. The Morgan fingerprint density at radius 3 is 1.84 bits per heavy atom. The van der Waals surface area contributed by atoms with E-state index in [2.05, 4.69) is 16.0 Å². The average molecular weight is 1420 g/mol. The van der Waals surface area contributed by atoms with E-state index in [1.54, 1.807) is 13.8 Å². The summed E-state index contributed by atoms with van der Waals surface area (Å²) in [5.41, 5.74) is -1.58. The summed E-state index contributed by atoms with van der Waals surface area (Å²) >= 11 is 6.40. The van der Waals surface area contributed by atoms with Crippen LogP contribution in [-0.2, 0) is 62.3 Å². The predicted octanol–water partition coefficient (Wildman–Crippen LogP) is 4.55. The normalized spacial score (nSPS) is 31.3. The Bertz CT molecular complexity index is 2930. The summed E-state index contributed by atoms with van der Waals surface area (Å²) in [6, 6.07) is -10.9. The number of alkyl halides is 4. The van der Waals surface area contributed by atoms with Crippen LogP contribution in [0.25, 0.3) is 0 Å². The van der Waals surface area contributed by atoms with Gasteiger partial charge in [-0.3, -0.25) is 57.5 Å². The van der Waals surface area contributed by atoms with E-state index in [-0.39, 0.29) is 121 Å². The third-order valence-corrected chi connectivity index (χ3v) is 23.4. The lowest BCUT2D eigenvalue weighted by atomic mass is 9.78. The lowest BCUT2D eigenvalue weighted by Crippen LogP contribution is -2.65. The van der Waals surface area contributed by atoms with E-state index in [1.807, 2.05) is 27.7 Å². The summed E-state index contributed by atoms with van der Waals surface area (Å²) in [6.45, 7) is 12.8. The zero-order valence-electron chi connectivity index (χ0n) is 60.7. The van der Waals surface area contributed by atoms with E-state index < -0.39 is 173 Å². The van der Waals surface area contributed by atoms with Gasteiger partial charge in [0.2, 0.25) is 70.9 Å². The molecule has 4 aliphatic heterocycles. The molecule has 1 spiro atoms. The van der Waals surface area contributed by atoms with Gasteiger partial charge in [-0.05, 0) is 120 Å². The number of ether oxygens (including phenoxy) is 1. The second kappa shape index (κ2) is 34.6.